The molecule has 94 valence electrons. The number of nitrogens with one attached hydrogen (secondary N) is 1. The molecule has 0 saturated heterocycles. The van der Waals surface area contributed by atoms with E-state index in [1.165, 1.54) is 0 Å². The highest BCUT2D eigenvalue weighted by Crippen LogP contribution is 2.31. The first-order valence-electron chi connectivity index (χ1n) is 4.02. The molecule has 0 bridgehead atoms. The van der Waals surface area contributed by atoms with Crippen LogP contribution in [0.15, 0.2) is 6.07 Å². The SMILES string of the molecule is O=[N+]([O-])c1cc(Cl)c(Cl)nc1NCC(F)(F)F. The fourth-order valence-electron chi connectivity index (χ4n) is 0.910. The molecule has 10 heteroatoms. The molecule has 0 aliphatic carbocycles. The third kappa shape index (κ3) is 3.90. The normalized spacial score (nSPS) is 11.4. The second-order valence-corrected chi connectivity index (χ2v) is 3.62. The molecule has 0 atom stereocenters. The highest BCUT2D eigenvalue weighted by Gasteiger charge is 2.29. The molecule has 1 rings (SSSR count). The standard InChI is InChI=1S/C7H4Cl2F3N3O2/c8-3-1-4(15(16)17)6(14-5(3)9)13-2-7(10,11)12/h1H,2H2,(H,13,14). The zero-order valence-electron chi connectivity index (χ0n) is 7.89. The van der Waals surface area contributed by atoms with Gasteiger partial charge in [0.2, 0.25) is 5.82 Å². The van der Waals surface area contributed by atoms with Gasteiger partial charge < -0.3 is 5.32 Å². The van der Waals surface area contributed by atoms with Crippen molar-refractivity contribution in [1.82, 2.24) is 4.98 Å². The van der Waals surface area contributed by atoms with E-state index in [1.54, 1.807) is 5.32 Å². The molecule has 0 aliphatic heterocycles. The molecule has 1 heterocycles. The lowest BCUT2D eigenvalue weighted by atomic mass is 10.4. The second-order valence-electron chi connectivity index (χ2n) is 2.85. The fourth-order valence-corrected chi connectivity index (χ4v) is 1.19. The summed E-state index contributed by atoms with van der Waals surface area (Å²) in [5.41, 5.74) is -0.677. The highest BCUT2D eigenvalue weighted by molar-refractivity contribution is 6.41. The van der Waals surface area contributed by atoms with Crippen LogP contribution in [-0.4, -0.2) is 22.6 Å². The van der Waals surface area contributed by atoms with Gasteiger partial charge in [0.1, 0.15) is 6.54 Å². The zero-order valence-corrected chi connectivity index (χ0v) is 9.40. The summed E-state index contributed by atoms with van der Waals surface area (Å²) < 4.78 is 35.8. The van der Waals surface area contributed by atoms with Crippen molar-refractivity contribution < 1.29 is 18.1 Å². The van der Waals surface area contributed by atoms with Crippen LogP contribution in [0.25, 0.3) is 0 Å². The molecule has 1 N–H and O–H groups in total. The van der Waals surface area contributed by atoms with Gasteiger partial charge in [0.05, 0.1) is 9.95 Å². The molecule has 1 aromatic heterocycles. The quantitative estimate of drug-likeness (QED) is 0.527. The fraction of sp³-hybridized carbons (Fsp3) is 0.286. The lowest BCUT2D eigenvalue weighted by Crippen LogP contribution is -2.22. The van der Waals surface area contributed by atoms with Crippen LogP contribution in [0.5, 0.6) is 0 Å². The Hall–Kier alpha value is -1.28. The Labute approximate surface area is 103 Å². The molecule has 0 saturated carbocycles. The van der Waals surface area contributed by atoms with Crippen LogP contribution in [0.2, 0.25) is 10.2 Å². The van der Waals surface area contributed by atoms with Crippen molar-refractivity contribution in [1.29, 1.82) is 0 Å². The van der Waals surface area contributed by atoms with Gasteiger partial charge in [-0.2, -0.15) is 13.2 Å². The molecule has 0 aromatic carbocycles. The summed E-state index contributed by atoms with van der Waals surface area (Å²) in [6.45, 7) is -1.46. The average molecular weight is 290 g/mol. The summed E-state index contributed by atoms with van der Waals surface area (Å²) in [4.78, 5) is 13.0. The van der Waals surface area contributed by atoms with E-state index in [1.807, 2.05) is 0 Å². The van der Waals surface area contributed by atoms with Crippen molar-refractivity contribution in [2.75, 3.05) is 11.9 Å². The number of nitrogens with zero attached hydrogens (tertiary/aromatic N) is 2. The van der Waals surface area contributed by atoms with E-state index in [0.717, 1.165) is 6.07 Å². The Morgan fingerprint density at radius 1 is 1.47 bits per heavy atom. The summed E-state index contributed by atoms with van der Waals surface area (Å²) in [6, 6.07) is 0.829. The monoisotopic (exact) mass is 289 g/mol. The van der Waals surface area contributed by atoms with Crippen molar-refractivity contribution in [3.63, 3.8) is 0 Å². The summed E-state index contributed by atoms with van der Waals surface area (Å²) in [6.07, 6.45) is -4.53. The van der Waals surface area contributed by atoms with E-state index >= 15 is 0 Å². The molecule has 0 amide bonds. The van der Waals surface area contributed by atoms with Gasteiger partial charge in [-0.15, -0.1) is 0 Å². The predicted octanol–water partition coefficient (Wildman–Crippen LogP) is 3.27. The lowest BCUT2D eigenvalue weighted by molar-refractivity contribution is -0.384. The Morgan fingerprint density at radius 3 is 2.53 bits per heavy atom. The van der Waals surface area contributed by atoms with Crippen molar-refractivity contribution in [2.24, 2.45) is 0 Å². The largest absolute Gasteiger partial charge is 0.405 e. The molecule has 0 unspecified atom stereocenters. The van der Waals surface area contributed by atoms with Crippen molar-refractivity contribution >= 4 is 34.7 Å². The molecule has 0 fully saturated rings. The van der Waals surface area contributed by atoms with Gasteiger partial charge in [-0.3, -0.25) is 10.1 Å². The second kappa shape index (κ2) is 4.92. The number of hydrogen-bond donors (Lipinski definition) is 1. The number of alkyl halides is 3. The third-order valence-corrected chi connectivity index (χ3v) is 2.24. The topological polar surface area (TPSA) is 68.1 Å². The van der Waals surface area contributed by atoms with Crippen molar-refractivity contribution in [2.45, 2.75) is 6.18 Å². The van der Waals surface area contributed by atoms with E-state index in [4.69, 9.17) is 23.2 Å². The van der Waals surface area contributed by atoms with Crippen molar-refractivity contribution in [3.8, 4) is 0 Å². The van der Waals surface area contributed by atoms with E-state index in [9.17, 15) is 23.3 Å². The van der Waals surface area contributed by atoms with Crippen LogP contribution in [0.4, 0.5) is 24.7 Å². The maximum Gasteiger partial charge on any atom is 0.405 e. The maximum atomic E-state index is 11.9. The summed E-state index contributed by atoms with van der Waals surface area (Å²) in [5, 5.41) is 11.8. The molecular formula is C7H4Cl2F3N3O2. The maximum absolute atomic E-state index is 11.9. The molecule has 17 heavy (non-hydrogen) atoms. The Balaban J connectivity index is 3.05. The molecule has 0 aliphatic rings. The van der Waals surface area contributed by atoms with Crippen LogP contribution in [0.3, 0.4) is 0 Å². The summed E-state index contributed by atoms with van der Waals surface area (Å²) in [5.74, 6) is -0.582. The summed E-state index contributed by atoms with van der Waals surface area (Å²) >= 11 is 10.9. The van der Waals surface area contributed by atoms with Crippen LogP contribution in [-0.2, 0) is 0 Å². The Bertz CT molecular complexity index is 453. The molecule has 5 nitrogen and oxygen atoms in total. The van der Waals surface area contributed by atoms with Gasteiger partial charge in [0, 0.05) is 6.07 Å². The van der Waals surface area contributed by atoms with E-state index in [2.05, 4.69) is 4.98 Å². The smallest absolute Gasteiger partial charge is 0.355 e. The molecule has 0 radical (unpaired) electrons. The minimum atomic E-state index is -4.53. The lowest BCUT2D eigenvalue weighted by Gasteiger charge is -2.09. The average Bonchev–Trinajstić information content (AvgIpc) is 2.17. The van der Waals surface area contributed by atoms with Gasteiger partial charge in [-0.25, -0.2) is 4.98 Å². The number of rotatable bonds is 3. The van der Waals surface area contributed by atoms with Gasteiger partial charge in [0.15, 0.2) is 5.15 Å². The third-order valence-electron chi connectivity index (χ3n) is 1.57. The number of nitro groups is 1. The van der Waals surface area contributed by atoms with Crippen molar-refractivity contribution in [3.05, 3.63) is 26.4 Å². The number of anilines is 1. The van der Waals surface area contributed by atoms with Gasteiger partial charge in [-0.05, 0) is 0 Å². The van der Waals surface area contributed by atoms with Gasteiger partial charge in [0.25, 0.3) is 0 Å². The Kier molecular flexibility index (Phi) is 3.99. The molecule has 0 spiro atoms. The summed E-state index contributed by atoms with van der Waals surface area (Å²) in [7, 11) is 0. The van der Waals surface area contributed by atoms with Crippen LogP contribution in [0, 0.1) is 10.1 Å². The first kappa shape index (κ1) is 13.8. The van der Waals surface area contributed by atoms with Crippen LogP contribution >= 0.6 is 23.2 Å². The number of hydrogen-bond acceptors (Lipinski definition) is 4. The molecule has 1 aromatic rings. The van der Waals surface area contributed by atoms with Gasteiger partial charge in [-0.1, -0.05) is 23.2 Å². The van der Waals surface area contributed by atoms with Crippen LogP contribution < -0.4 is 5.32 Å². The highest BCUT2D eigenvalue weighted by atomic mass is 35.5. The first-order chi connectivity index (χ1) is 7.70. The minimum absolute atomic E-state index is 0.212. The van der Waals surface area contributed by atoms with Crippen LogP contribution in [0.1, 0.15) is 0 Å². The van der Waals surface area contributed by atoms with Gasteiger partial charge >= 0.3 is 11.9 Å². The van der Waals surface area contributed by atoms with E-state index in [0.29, 0.717) is 0 Å². The molecular weight excluding hydrogens is 286 g/mol. The van der Waals surface area contributed by atoms with E-state index < -0.39 is 29.1 Å². The Morgan fingerprint density at radius 2 is 2.06 bits per heavy atom. The minimum Gasteiger partial charge on any atom is -0.355 e. The van der Waals surface area contributed by atoms with E-state index in [-0.39, 0.29) is 10.2 Å². The first-order valence-corrected chi connectivity index (χ1v) is 4.77. The predicted molar refractivity (Wildman–Crippen MR) is 55.5 cm³/mol. The number of aromatic nitrogens is 1. The number of halogens is 5. The zero-order chi connectivity index (χ0) is 13.2. The number of pyridine rings is 1.